The zero-order valence-corrected chi connectivity index (χ0v) is 12.8. The number of carbonyl (C=O) groups excluding carboxylic acids is 2. The normalized spacial score (nSPS) is 15.6. The van der Waals surface area contributed by atoms with E-state index in [9.17, 15) is 14.4 Å². The van der Waals surface area contributed by atoms with E-state index in [1.807, 2.05) is 0 Å². The van der Waals surface area contributed by atoms with Crippen molar-refractivity contribution in [2.24, 2.45) is 0 Å². The summed E-state index contributed by atoms with van der Waals surface area (Å²) in [5.41, 5.74) is -0.0879. The molecule has 0 aliphatic carbocycles. The Morgan fingerprint density at radius 3 is 2.68 bits per heavy atom. The van der Waals surface area contributed by atoms with E-state index < -0.39 is 0 Å². The minimum absolute atomic E-state index is 0.0916. The number of rotatable bonds is 5. The highest BCUT2D eigenvalue weighted by atomic mass is 16.2. The second-order valence-corrected chi connectivity index (χ2v) is 5.54. The highest BCUT2D eigenvalue weighted by Crippen LogP contribution is 2.13. The fourth-order valence-corrected chi connectivity index (χ4v) is 2.49. The van der Waals surface area contributed by atoms with E-state index in [2.05, 4.69) is 22.4 Å². The first kappa shape index (κ1) is 16.2. The first-order valence-corrected chi connectivity index (χ1v) is 7.74. The van der Waals surface area contributed by atoms with Crippen LogP contribution in [0.25, 0.3) is 0 Å². The van der Waals surface area contributed by atoms with E-state index in [1.54, 1.807) is 4.90 Å². The van der Waals surface area contributed by atoms with Crippen LogP contribution in [0.4, 0.5) is 0 Å². The van der Waals surface area contributed by atoms with Gasteiger partial charge in [0.05, 0.1) is 0 Å². The first-order valence-electron chi connectivity index (χ1n) is 7.74. The van der Waals surface area contributed by atoms with Crippen LogP contribution < -0.4 is 10.9 Å². The summed E-state index contributed by atoms with van der Waals surface area (Å²) in [6.45, 7) is 3.22. The lowest BCUT2D eigenvalue weighted by Crippen LogP contribution is -2.46. The summed E-state index contributed by atoms with van der Waals surface area (Å²) in [7, 11) is 0. The number of nitrogens with one attached hydrogen (secondary N) is 2. The lowest BCUT2D eigenvalue weighted by atomic mass is 10.0. The van der Waals surface area contributed by atoms with Gasteiger partial charge in [-0.3, -0.25) is 14.4 Å². The van der Waals surface area contributed by atoms with Crippen molar-refractivity contribution in [3.8, 4) is 0 Å². The van der Waals surface area contributed by atoms with Crippen LogP contribution in [0.3, 0.4) is 0 Å². The van der Waals surface area contributed by atoms with Crippen LogP contribution in [0.1, 0.15) is 49.5 Å². The minimum Gasteiger partial charge on any atom is -0.353 e. The van der Waals surface area contributed by atoms with Crippen LogP contribution in [0, 0.1) is 0 Å². The third-order valence-corrected chi connectivity index (χ3v) is 3.80. The van der Waals surface area contributed by atoms with Gasteiger partial charge in [0.1, 0.15) is 5.69 Å². The molecule has 0 spiro atoms. The van der Waals surface area contributed by atoms with E-state index in [0.29, 0.717) is 19.5 Å². The monoisotopic (exact) mass is 306 g/mol. The molecule has 2 rings (SSSR count). The maximum absolute atomic E-state index is 12.2. The zero-order chi connectivity index (χ0) is 15.9. The van der Waals surface area contributed by atoms with Crippen LogP contribution in [0.15, 0.2) is 16.9 Å². The van der Waals surface area contributed by atoms with Gasteiger partial charge in [0, 0.05) is 31.6 Å². The molecule has 2 N–H and O–H groups in total. The standard InChI is InChI=1S/C15H22N4O3/c1-2-3-4-13(20)16-11-7-9-19(10-8-11)15(22)12-5-6-14(21)18-17-12/h5-6,11H,2-4,7-10H2,1H3,(H,16,20)(H,18,21). The molecule has 1 aliphatic heterocycles. The van der Waals surface area contributed by atoms with Crippen molar-refractivity contribution in [3.63, 3.8) is 0 Å². The van der Waals surface area contributed by atoms with Gasteiger partial charge in [-0.1, -0.05) is 13.3 Å². The molecule has 0 radical (unpaired) electrons. The molecule has 0 atom stereocenters. The summed E-state index contributed by atoms with van der Waals surface area (Å²) in [6, 6.07) is 2.86. The third kappa shape index (κ3) is 4.41. The van der Waals surface area contributed by atoms with Crippen LogP contribution >= 0.6 is 0 Å². The Morgan fingerprint density at radius 1 is 1.36 bits per heavy atom. The molecule has 1 aliphatic rings. The lowest BCUT2D eigenvalue weighted by molar-refractivity contribution is -0.122. The summed E-state index contributed by atoms with van der Waals surface area (Å²) >= 11 is 0. The fourth-order valence-electron chi connectivity index (χ4n) is 2.49. The van der Waals surface area contributed by atoms with Crippen LogP contribution in [0.5, 0.6) is 0 Å². The predicted molar refractivity (Wildman–Crippen MR) is 81.5 cm³/mol. The number of unbranched alkanes of at least 4 members (excludes halogenated alkanes) is 1. The quantitative estimate of drug-likeness (QED) is 0.836. The molecule has 0 bridgehead atoms. The van der Waals surface area contributed by atoms with E-state index in [1.165, 1.54) is 12.1 Å². The summed E-state index contributed by atoms with van der Waals surface area (Å²) in [6.07, 6.45) is 3.96. The Hall–Kier alpha value is -2.18. The van der Waals surface area contributed by atoms with Crippen molar-refractivity contribution >= 4 is 11.8 Å². The Labute approximate surface area is 129 Å². The Balaban J connectivity index is 1.81. The largest absolute Gasteiger partial charge is 0.353 e. The van der Waals surface area contributed by atoms with Gasteiger partial charge in [0.25, 0.3) is 11.5 Å². The molecule has 0 unspecified atom stereocenters. The number of aromatic nitrogens is 2. The van der Waals surface area contributed by atoms with Crippen LogP contribution in [-0.4, -0.2) is 46.0 Å². The Morgan fingerprint density at radius 2 is 2.09 bits per heavy atom. The van der Waals surface area contributed by atoms with Crippen molar-refractivity contribution in [2.75, 3.05) is 13.1 Å². The molecule has 7 heteroatoms. The first-order chi connectivity index (χ1) is 10.6. The molecule has 1 aromatic heterocycles. The van der Waals surface area contributed by atoms with Crippen molar-refractivity contribution in [1.82, 2.24) is 20.4 Å². The third-order valence-electron chi connectivity index (χ3n) is 3.80. The van der Waals surface area contributed by atoms with Crippen molar-refractivity contribution in [2.45, 2.75) is 45.1 Å². The number of hydrogen-bond acceptors (Lipinski definition) is 4. The minimum atomic E-state index is -0.329. The number of piperidine rings is 1. The molecule has 0 aromatic carbocycles. The van der Waals surface area contributed by atoms with Gasteiger partial charge in [0.2, 0.25) is 5.91 Å². The number of hydrogen-bond donors (Lipinski definition) is 2. The molecule has 1 saturated heterocycles. The number of amides is 2. The topological polar surface area (TPSA) is 95.2 Å². The highest BCUT2D eigenvalue weighted by molar-refractivity contribution is 5.92. The SMILES string of the molecule is CCCCC(=O)NC1CCN(C(=O)c2ccc(=O)[nH]n2)CC1. The maximum Gasteiger partial charge on any atom is 0.274 e. The zero-order valence-electron chi connectivity index (χ0n) is 12.8. The molecule has 7 nitrogen and oxygen atoms in total. The summed E-state index contributed by atoms with van der Waals surface area (Å²) in [5.74, 6) is -0.0964. The van der Waals surface area contributed by atoms with E-state index in [0.717, 1.165) is 25.7 Å². The molecular weight excluding hydrogens is 284 g/mol. The highest BCUT2D eigenvalue weighted by Gasteiger charge is 2.25. The Bertz CT molecular complexity index is 556. The van der Waals surface area contributed by atoms with Gasteiger partial charge in [-0.2, -0.15) is 5.10 Å². The van der Waals surface area contributed by atoms with Crippen molar-refractivity contribution < 1.29 is 9.59 Å². The molecule has 0 saturated carbocycles. The van der Waals surface area contributed by atoms with E-state index in [4.69, 9.17) is 0 Å². The average molecular weight is 306 g/mol. The number of likely N-dealkylation sites (tertiary alicyclic amines) is 1. The van der Waals surface area contributed by atoms with E-state index >= 15 is 0 Å². The summed E-state index contributed by atoms with van der Waals surface area (Å²) < 4.78 is 0. The molecule has 2 amide bonds. The van der Waals surface area contributed by atoms with Crippen molar-refractivity contribution in [1.29, 1.82) is 0 Å². The number of aromatic amines is 1. The predicted octanol–water partition coefficient (Wildman–Crippen LogP) is 0.681. The van der Waals surface area contributed by atoms with E-state index in [-0.39, 0.29) is 29.1 Å². The Kier molecular flexibility index (Phi) is 5.68. The summed E-state index contributed by atoms with van der Waals surface area (Å²) in [5, 5.41) is 9.04. The molecule has 2 heterocycles. The number of carbonyl (C=O) groups is 2. The number of H-pyrrole nitrogens is 1. The molecule has 1 fully saturated rings. The fraction of sp³-hybridized carbons (Fsp3) is 0.600. The lowest BCUT2D eigenvalue weighted by Gasteiger charge is -2.32. The van der Waals surface area contributed by atoms with Gasteiger partial charge in [-0.25, -0.2) is 5.10 Å². The van der Waals surface area contributed by atoms with Gasteiger partial charge in [0.15, 0.2) is 0 Å². The molecule has 22 heavy (non-hydrogen) atoms. The number of nitrogens with zero attached hydrogens (tertiary/aromatic N) is 2. The van der Waals surface area contributed by atoms with Crippen LogP contribution in [-0.2, 0) is 4.79 Å². The smallest absolute Gasteiger partial charge is 0.274 e. The molecule has 1 aromatic rings. The van der Waals surface area contributed by atoms with Crippen LogP contribution in [0.2, 0.25) is 0 Å². The van der Waals surface area contributed by atoms with Crippen molar-refractivity contribution in [3.05, 3.63) is 28.2 Å². The maximum atomic E-state index is 12.2. The second-order valence-electron chi connectivity index (χ2n) is 5.54. The van der Waals surface area contributed by atoms with Gasteiger partial charge < -0.3 is 10.2 Å². The van der Waals surface area contributed by atoms with Gasteiger partial charge >= 0.3 is 0 Å². The van der Waals surface area contributed by atoms with Gasteiger partial charge in [-0.15, -0.1) is 0 Å². The molecule has 120 valence electrons. The summed E-state index contributed by atoms with van der Waals surface area (Å²) in [4.78, 5) is 36.6. The van der Waals surface area contributed by atoms with Gasteiger partial charge in [-0.05, 0) is 25.3 Å². The molecular formula is C15H22N4O3. The average Bonchev–Trinajstić information content (AvgIpc) is 2.54. The second kappa shape index (κ2) is 7.72.